The van der Waals surface area contributed by atoms with E-state index in [1.165, 1.54) is 12.1 Å². The second-order valence-corrected chi connectivity index (χ2v) is 9.81. The zero-order valence-corrected chi connectivity index (χ0v) is 19.2. The molecule has 164 valence electrons. The highest BCUT2D eigenvalue weighted by Crippen LogP contribution is 2.31. The number of hydrogen-bond donors (Lipinski definition) is 1. The molecule has 0 aliphatic carbocycles. The van der Waals surface area contributed by atoms with Crippen LogP contribution in [0.5, 0.6) is 0 Å². The number of nitrogens with zero attached hydrogens (tertiary/aromatic N) is 1. The molecule has 2 aromatic carbocycles. The van der Waals surface area contributed by atoms with Gasteiger partial charge in [0.1, 0.15) is 11.5 Å². The molecule has 32 heavy (non-hydrogen) atoms. The number of carbonyl (C=O) groups excluding carboxylic acids is 1. The number of rotatable bonds is 5. The molecule has 2 heterocycles. The fourth-order valence-corrected chi connectivity index (χ4v) is 4.43. The summed E-state index contributed by atoms with van der Waals surface area (Å²) < 4.78 is 31.2. The molecular weight excluding hydrogens is 424 g/mol. The average Bonchev–Trinajstić information content (AvgIpc) is 3.30. The van der Waals surface area contributed by atoms with Crippen LogP contribution in [0.1, 0.15) is 27.5 Å². The van der Waals surface area contributed by atoms with Crippen molar-refractivity contribution in [1.29, 1.82) is 0 Å². The first kappa shape index (κ1) is 21.6. The summed E-state index contributed by atoms with van der Waals surface area (Å²) in [5.41, 5.74) is 4.64. The van der Waals surface area contributed by atoms with Crippen molar-refractivity contribution in [2.45, 2.75) is 25.7 Å². The number of carbonyl (C=O) groups is 1. The van der Waals surface area contributed by atoms with Gasteiger partial charge in [0, 0.05) is 28.9 Å². The Bertz CT molecular complexity index is 1410. The van der Waals surface area contributed by atoms with Crippen LogP contribution in [0.4, 0.5) is 5.69 Å². The molecule has 4 rings (SSSR count). The number of sulfone groups is 1. The molecule has 2 aromatic heterocycles. The van der Waals surface area contributed by atoms with Crippen molar-refractivity contribution in [3.63, 3.8) is 0 Å². The van der Waals surface area contributed by atoms with Gasteiger partial charge in [-0.05, 0) is 75.4 Å². The van der Waals surface area contributed by atoms with Crippen molar-refractivity contribution >= 4 is 21.4 Å². The highest BCUT2D eigenvalue weighted by molar-refractivity contribution is 7.90. The number of nitrogens with one attached hydrogen (secondary N) is 1. The summed E-state index contributed by atoms with van der Waals surface area (Å²) in [7, 11) is -3.29. The Balaban J connectivity index is 1.68. The van der Waals surface area contributed by atoms with Gasteiger partial charge in [-0.15, -0.1) is 0 Å². The number of anilines is 1. The van der Waals surface area contributed by atoms with Crippen molar-refractivity contribution < 1.29 is 17.6 Å². The third-order valence-corrected chi connectivity index (χ3v) is 6.50. The van der Waals surface area contributed by atoms with Gasteiger partial charge < -0.3 is 14.3 Å². The van der Waals surface area contributed by atoms with Crippen LogP contribution in [0.25, 0.3) is 17.0 Å². The minimum absolute atomic E-state index is 0.207. The molecule has 0 bridgehead atoms. The van der Waals surface area contributed by atoms with Crippen LogP contribution in [-0.2, 0) is 9.84 Å². The van der Waals surface area contributed by atoms with Gasteiger partial charge in [-0.1, -0.05) is 12.1 Å². The molecule has 0 spiro atoms. The Morgan fingerprint density at radius 3 is 2.25 bits per heavy atom. The van der Waals surface area contributed by atoms with E-state index in [4.69, 9.17) is 4.42 Å². The molecule has 0 aliphatic rings. The Kier molecular flexibility index (Phi) is 5.52. The first-order chi connectivity index (χ1) is 15.1. The highest BCUT2D eigenvalue weighted by Gasteiger charge is 2.20. The van der Waals surface area contributed by atoms with Crippen molar-refractivity contribution in [3.8, 4) is 17.0 Å². The third-order valence-electron chi connectivity index (χ3n) is 5.37. The molecular formula is C25H24N2O4S. The van der Waals surface area contributed by atoms with Gasteiger partial charge in [-0.2, -0.15) is 0 Å². The number of aryl methyl sites for hydroxylation is 2. The van der Waals surface area contributed by atoms with Crippen LogP contribution in [0, 0.1) is 20.8 Å². The van der Waals surface area contributed by atoms with Gasteiger partial charge in [-0.25, -0.2) is 8.42 Å². The zero-order valence-electron chi connectivity index (χ0n) is 18.3. The normalized spacial score (nSPS) is 11.5. The molecule has 6 nitrogen and oxygen atoms in total. The van der Waals surface area contributed by atoms with E-state index >= 15 is 0 Å². The summed E-state index contributed by atoms with van der Waals surface area (Å²) in [6, 6.07) is 19.8. The maximum Gasteiger partial charge on any atom is 0.257 e. The summed E-state index contributed by atoms with van der Waals surface area (Å²) in [4.78, 5) is 13.2. The Morgan fingerprint density at radius 2 is 1.62 bits per heavy atom. The number of amides is 1. The second kappa shape index (κ2) is 8.16. The molecule has 0 radical (unpaired) electrons. The van der Waals surface area contributed by atoms with E-state index in [9.17, 15) is 13.2 Å². The van der Waals surface area contributed by atoms with Gasteiger partial charge in [0.15, 0.2) is 9.84 Å². The zero-order chi connectivity index (χ0) is 23.0. The predicted octanol–water partition coefficient (Wildman–Crippen LogP) is 5.32. The van der Waals surface area contributed by atoms with E-state index in [0.29, 0.717) is 11.3 Å². The molecule has 1 amide bonds. The molecule has 0 aliphatic heterocycles. The van der Waals surface area contributed by atoms with E-state index < -0.39 is 9.84 Å². The van der Waals surface area contributed by atoms with Gasteiger partial charge >= 0.3 is 0 Å². The van der Waals surface area contributed by atoms with Crippen LogP contribution in [0.15, 0.2) is 76.0 Å². The molecule has 0 unspecified atom stereocenters. The Hall–Kier alpha value is -3.58. The standard InChI is InChI=1S/C25H24N2O4S/c1-16-15-22(25(28)26-19-10-12-20(13-11-19)32(4,29)30)18(3)27(16)23-8-6-5-7-21(23)24-14-9-17(2)31-24/h5-15H,1-4H3,(H,26,28). The number of aromatic nitrogens is 1. The minimum Gasteiger partial charge on any atom is -0.461 e. The molecule has 0 saturated carbocycles. The number of para-hydroxylation sites is 1. The first-order valence-electron chi connectivity index (χ1n) is 10.1. The van der Waals surface area contributed by atoms with Crippen LogP contribution < -0.4 is 5.32 Å². The van der Waals surface area contributed by atoms with E-state index in [1.807, 2.05) is 67.8 Å². The van der Waals surface area contributed by atoms with Crippen molar-refractivity contribution in [2.75, 3.05) is 11.6 Å². The van der Waals surface area contributed by atoms with E-state index in [-0.39, 0.29) is 10.8 Å². The van der Waals surface area contributed by atoms with Crippen LogP contribution in [0.3, 0.4) is 0 Å². The number of benzene rings is 2. The van der Waals surface area contributed by atoms with Crippen LogP contribution in [-0.4, -0.2) is 25.1 Å². The summed E-state index contributed by atoms with van der Waals surface area (Å²) >= 11 is 0. The van der Waals surface area contributed by atoms with Crippen LogP contribution in [0.2, 0.25) is 0 Å². The molecule has 0 atom stereocenters. The van der Waals surface area contributed by atoms with Crippen molar-refractivity contribution in [2.24, 2.45) is 0 Å². The largest absolute Gasteiger partial charge is 0.461 e. The first-order valence-corrected chi connectivity index (χ1v) is 12.0. The molecule has 1 N–H and O–H groups in total. The fourth-order valence-electron chi connectivity index (χ4n) is 3.80. The number of furan rings is 1. The van der Waals surface area contributed by atoms with Crippen LogP contribution >= 0.6 is 0 Å². The van der Waals surface area contributed by atoms with Gasteiger partial charge in [0.05, 0.1) is 16.1 Å². The summed E-state index contributed by atoms with van der Waals surface area (Å²) in [5.74, 6) is 1.34. The summed E-state index contributed by atoms with van der Waals surface area (Å²) in [6.07, 6.45) is 1.15. The SMILES string of the molecule is Cc1ccc(-c2ccccc2-n2c(C)cc(C(=O)Nc3ccc(S(C)(=O)=O)cc3)c2C)o1. The van der Waals surface area contributed by atoms with E-state index in [2.05, 4.69) is 5.32 Å². The van der Waals surface area contributed by atoms with E-state index in [0.717, 1.165) is 40.4 Å². The monoisotopic (exact) mass is 448 g/mol. The topological polar surface area (TPSA) is 81.3 Å². The lowest BCUT2D eigenvalue weighted by atomic mass is 10.1. The van der Waals surface area contributed by atoms with Crippen molar-refractivity contribution in [1.82, 2.24) is 4.57 Å². The van der Waals surface area contributed by atoms with Gasteiger partial charge in [0.25, 0.3) is 5.91 Å². The Labute approximate surface area is 187 Å². The molecule has 0 fully saturated rings. The number of hydrogen-bond acceptors (Lipinski definition) is 4. The molecule has 0 saturated heterocycles. The quantitative estimate of drug-likeness (QED) is 0.448. The van der Waals surface area contributed by atoms with Crippen molar-refractivity contribution in [3.05, 3.63) is 89.4 Å². The minimum atomic E-state index is -3.29. The highest BCUT2D eigenvalue weighted by atomic mass is 32.2. The lowest BCUT2D eigenvalue weighted by Gasteiger charge is -2.14. The summed E-state index contributed by atoms with van der Waals surface area (Å²) in [5, 5.41) is 2.85. The van der Waals surface area contributed by atoms with Gasteiger partial charge in [0.2, 0.25) is 0 Å². The smallest absolute Gasteiger partial charge is 0.257 e. The average molecular weight is 449 g/mol. The van der Waals surface area contributed by atoms with Gasteiger partial charge in [-0.3, -0.25) is 4.79 Å². The third kappa shape index (κ3) is 4.11. The molecule has 7 heteroatoms. The second-order valence-electron chi connectivity index (χ2n) is 7.80. The molecule has 4 aromatic rings. The fraction of sp³-hybridized carbons (Fsp3) is 0.160. The Morgan fingerprint density at radius 1 is 0.938 bits per heavy atom. The maximum atomic E-state index is 13.0. The summed E-state index contributed by atoms with van der Waals surface area (Å²) in [6.45, 7) is 5.76. The lowest BCUT2D eigenvalue weighted by molar-refractivity contribution is 0.102. The van der Waals surface area contributed by atoms with E-state index in [1.54, 1.807) is 12.1 Å². The maximum absolute atomic E-state index is 13.0. The predicted molar refractivity (Wildman–Crippen MR) is 125 cm³/mol. The lowest BCUT2D eigenvalue weighted by Crippen LogP contribution is -2.13.